The normalized spacial score (nSPS) is 20.8. The van der Waals surface area contributed by atoms with Crippen LogP contribution in [0.3, 0.4) is 0 Å². The van der Waals surface area contributed by atoms with Gasteiger partial charge in [0, 0.05) is 30.9 Å². The molecule has 36 heavy (non-hydrogen) atoms. The van der Waals surface area contributed by atoms with Crippen LogP contribution in [0, 0.1) is 0 Å². The van der Waals surface area contributed by atoms with E-state index in [0.29, 0.717) is 37.3 Å². The standard InChI is InChI=1S/C28H40N6O2/c1-20-18-34(16-17-36-20)28-30-25-24(19-33(27(25)35)15-7-14-32(2)3)26(31-28)29-23-12-10-22(11-13-23)21-8-5-4-6-9-21/h10-13,20-21H,4-9,14-19H2,1-3H3,(H,29,30,31). The number of carbonyl (C=O) groups excluding carboxylic acids is 1. The molecule has 2 aromatic rings. The maximum atomic E-state index is 13.3. The highest BCUT2D eigenvalue weighted by Gasteiger charge is 2.34. The van der Waals surface area contributed by atoms with Crippen molar-refractivity contribution in [2.75, 3.05) is 57.1 Å². The van der Waals surface area contributed by atoms with Crippen LogP contribution in [0.2, 0.25) is 0 Å². The molecule has 3 heterocycles. The zero-order valence-electron chi connectivity index (χ0n) is 22.0. The molecule has 3 aliphatic rings. The minimum Gasteiger partial charge on any atom is -0.375 e. The van der Waals surface area contributed by atoms with Crippen LogP contribution in [0.5, 0.6) is 0 Å². The molecule has 1 unspecified atom stereocenters. The fraction of sp³-hybridized carbons (Fsp3) is 0.607. The number of hydrogen-bond donors (Lipinski definition) is 1. The van der Waals surface area contributed by atoms with Crippen LogP contribution in [0.4, 0.5) is 17.5 Å². The van der Waals surface area contributed by atoms with Crippen LogP contribution in [0.25, 0.3) is 0 Å². The van der Waals surface area contributed by atoms with Gasteiger partial charge in [0.1, 0.15) is 11.5 Å². The summed E-state index contributed by atoms with van der Waals surface area (Å²) in [6.45, 7) is 6.34. The van der Waals surface area contributed by atoms with Gasteiger partial charge >= 0.3 is 0 Å². The third kappa shape index (κ3) is 5.65. The Hall–Kier alpha value is -2.71. The maximum Gasteiger partial charge on any atom is 0.273 e. The second kappa shape index (κ2) is 11.1. The third-order valence-electron chi connectivity index (χ3n) is 7.64. The Labute approximate surface area is 215 Å². The third-order valence-corrected chi connectivity index (χ3v) is 7.64. The number of hydrogen-bond acceptors (Lipinski definition) is 7. The van der Waals surface area contributed by atoms with E-state index in [-0.39, 0.29) is 12.0 Å². The van der Waals surface area contributed by atoms with E-state index < -0.39 is 0 Å². The number of carbonyl (C=O) groups is 1. The largest absolute Gasteiger partial charge is 0.375 e. The first-order chi connectivity index (χ1) is 17.5. The second-order valence-corrected chi connectivity index (χ2v) is 10.8. The predicted octanol–water partition coefficient (Wildman–Crippen LogP) is 4.40. The highest BCUT2D eigenvalue weighted by molar-refractivity contribution is 5.98. The van der Waals surface area contributed by atoms with Crippen LogP contribution >= 0.6 is 0 Å². The van der Waals surface area contributed by atoms with E-state index in [1.807, 2.05) is 4.90 Å². The number of nitrogens with one attached hydrogen (secondary N) is 1. The molecule has 1 aliphatic carbocycles. The lowest BCUT2D eigenvalue weighted by atomic mass is 9.84. The molecule has 1 N–H and O–H groups in total. The summed E-state index contributed by atoms with van der Waals surface area (Å²) in [5.41, 5.74) is 3.85. The summed E-state index contributed by atoms with van der Waals surface area (Å²) in [5.74, 6) is 2.03. The number of fused-ring (bicyclic) bond motifs is 1. The van der Waals surface area contributed by atoms with Gasteiger partial charge in [-0.25, -0.2) is 4.98 Å². The van der Waals surface area contributed by atoms with Crippen LogP contribution in [-0.2, 0) is 11.3 Å². The Bertz CT molecular complexity index is 1050. The highest BCUT2D eigenvalue weighted by atomic mass is 16.5. The van der Waals surface area contributed by atoms with Gasteiger partial charge in [0.25, 0.3) is 5.91 Å². The Morgan fingerprint density at radius 3 is 2.61 bits per heavy atom. The van der Waals surface area contributed by atoms with Crippen LogP contribution in [-0.4, -0.2) is 78.7 Å². The van der Waals surface area contributed by atoms with Crippen molar-refractivity contribution in [2.24, 2.45) is 0 Å². The summed E-state index contributed by atoms with van der Waals surface area (Å²) in [5, 5.41) is 3.54. The first-order valence-electron chi connectivity index (χ1n) is 13.6. The van der Waals surface area contributed by atoms with Gasteiger partial charge in [0.05, 0.1) is 19.3 Å². The number of aromatic nitrogens is 2. The summed E-state index contributed by atoms with van der Waals surface area (Å²) < 4.78 is 5.72. The number of nitrogens with zero attached hydrogens (tertiary/aromatic N) is 5. The van der Waals surface area contributed by atoms with E-state index in [4.69, 9.17) is 14.7 Å². The molecule has 1 aromatic carbocycles. The topological polar surface area (TPSA) is 73.8 Å². The van der Waals surface area contributed by atoms with Gasteiger partial charge in [-0.05, 0) is 70.4 Å². The number of amides is 1. The molecule has 1 saturated heterocycles. The van der Waals surface area contributed by atoms with Gasteiger partial charge < -0.3 is 24.8 Å². The minimum absolute atomic E-state index is 0.00408. The van der Waals surface area contributed by atoms with Crippen molar-refractivity contribution in [2.45, 2.75) is 64.0 Å². The van der Waals surface area contributed by atoms with Crippen molar-refractivity contribution < 1.29 is 9.53 Å². The van der Waals surface area contributed by atoms with E-state index in [2.05, 4.69) is 60.4 Å². The SMILES string of the molecule is CC1CN(c2nc(Nc3ccc(C4CCCCC4)cc3)c3c(n2)C(=O)N(CCCN(C)C)C3)CCO1. The zero-order chi connectivity index (χ0) is 25.1. The molecule has 0 bridgehead atoms. The highest BCUT2D eigenvalue weighted by Crippen LogP contribution is 2.35. The summed E-state index contributed by atoms with van der Waals surface area (Å²) >= 11 is 0. The van der Waals surface area contributed by atoms with Gasteiger partial charge in [-0.3, -0.25) is 4.79 Å². The Morgan fingerprint density at radius 1 is 1.11 bits per heavy atom. The van der Waals surface area contributed by atoms with E-state index in [0.717, 1.165) is 43.1 Å². The molecule has 1 aromatic heterocycles. The van der Waals surface area contributed by atoms with Gasteiger partial charge in [0.2, 0.25) is 5.95 Å². The van der Waals surface area contributed by atoms with Gasteiger partial charge in [-0.15, -0.1) is 0 Å². The van der Waals surface area contributed by atoms with Crippen molar-refractivity contribution in [1.82, 2.24) is 19.8 Å². The first-order valence-corrected chi connectivity index (χ1v) is 13.6. The van der Waals surface area contributed by atoms with Gasteiger partial charge in [-0.1, -0.05) is 31.4 Å². The van der Waals surface area contributed by atoms with Gasteiger partial charge in [-0.2, -0.15) is 4.98 Å². The van der Waals surface area contributed by atoms with Crippen molar-refractivity contribution in [3.63, 3.8) is 0 Å². The summed E-state index contributed by atoms with van der Waals surface area (Å²) in [4.78, 5) is 29.3. The molecule has 0 spiro atoms. The molecule has 0 radical (unpaired) electrons. The molecule has 1 saturated carbocycles. The molecule has 2 fully saturated rings. The number of morpholine rings is 1. The van der Waals surface area contributed by atoms with Crippen molar-refractivity contribution in [3.8, 4) is 0 Å². The van der Waals surface area contributed by atoms with Crippen LogP contribution in [0.15, 0.2) is 24.3 Å². The molecular formula is C28H40N6O2. The lowest BCUT2D eigenvalue weighted by Gasteiger charge is -2.31. The Morgan fingerprint density at radius 2 is 1.89 bits per heavy atom. The molecule has 8 nitrogen and oxygen atoms in total. The molecular weight excluding hydrogens is 452 g/mol. The van der Waals surface area contributed by atoms with Crippen LogP contribution < -0.4 is 10.2 Å². The fourth-order valence-electron chi connectivity index (χ4n) is 5.63. The number of ether oxygens (including phenoxy) is 1. The Balaban J connectivity index is 1.39. The fourth-order valence-corrected chi connectivity index (χ4v) is 5.63. The molecule has 8 heteroatoms. The van der Waals surface area contributed by atoms with E-state index in [1.165, 1.54) is 37.7 Å². The lowest BCUT2D eigenvalue weighted by molar-refractivity contribution is 0.0526. The van der Waals surface area contributed by atoms with Gasteiger partial charge in [0.15, 0.2) is 0 Å². The van der Waals surface area contributed by atoms with Crippen molar-refractivity contribution in [3.05, 3.63) is 41.1 Å². The van der Waals surface area contributed by atoms with Crippen LogP contribution in [0.1, 0.15) is 73.0 Å². The average molecular weight is 493 g/mol. The van der Waals surface area contributed by atoms with Crippen molar-refractivity contribution >= 4 is 23.4 Å². The molecule has 2 aliphatic heterocycles. The van der Waals surface area contributed by atoms with Crippen molar-refractivity contribution in [1.29, 1.82) is 0 Å². The maximum absolute atomic E-state index is 13.3. The zero-order valence-corrected chi connectivity index (χ0v) is 22.0. The summed E-state index contributed by atoms with van der Waals surface area (Å²) in [7, 11) is 4.12. The average Bonchev–Trinajstić information content (AvgIpc) is 3.20. The number of rotatable bonds is 8. The number of benzene rings is 1. The minimum atomic E-state index is 0.00408. The second-order valence-electron chi connectivity index (χ2n) is 10.8. The quantitative estimate of drug-likeness (QED) is 0.585. The molecule has 1 amide bonds. The lowest BCUT2D eigenvalue weighted by Crippen LogP contribution is -2.42. The predicted molar refractivity (Wildman–Crippen MR) is 143 cm³/mol. The summed E-state index contributed by atoms with van der Waals surface area (Å²) in [6.07, 6.45) is 7.65. The van der Waals surface area contributed by atoms with E-state index >= 15 is 0 Å². The van der Waals surface area contributed by atoms with E-state index in [1.54, 1.807) is 0 Å². The monoisotopic (exact) mass is 492 g/mol. The summed E-state index contributed by atoms with van der Waals surface area (Å²) in [6, 6.07) is 8.81. The smallest absolute Gasteiger partial charge is 0.273 e. The molecule has 194 valence electrons. The first kappa shape index (κ1) is 25.0. The molecule has 5 rings (SSSR count). The number of anilines is 3. The molecule has 1 atom stereocenters. The Kier molecular flexibility index (Phi) is 7.72. The van der Waals surface area contributed by atoms with E-state index in [9.17, 15) is 4.79 Å².